The van der Waals surface area contributed by atoms with Crippen LogP contribution in [0.5, 0.6) is 0 Å². The maximum atomic E-state index is 12.7. The first kappa shape index (κ1) is 18.5. The molecular formula is C19H28N2O3. The number of furan rings is 1. The van der Waals surface area contributed by atoms with Crippen molar-refractivity contribution >= 4 is 16.9 Å². The highest BCUT2D eigenvalue weighted by Gasteiger charge is 2.25. The topological polar surface area (TPSA) is 65.7 Å². The molecule has 132 valence electrons. The van der Waals surface area contributed by atoms with Crippen molar-refractivity contribution in [1.29, 1.82) is 0 Å². The van der Waals surface area contributed by atoms with E-state index in [1.165, 1.54) is 0 Å². The Kier molecular flexibility index (Phi) is 5.67. The molecule has 1 amide bonds. The molecule has 1 aromatic carbocycles. The van der Waals surface area contributed by atoms with Crippen LogP contribution in [-0.2, 0) is 6.54 Å². The average Bonchev–Trinajstić information content (AvgIpc) is 2.82. The summed E-state index contributed by atoms with van der Waals surface area (Å²) in [6, 6.07) is 7.71. The van der Waals surface area contributed by atoms with Crippen molar-refractivity contribution in [3.8, 4) is 0 Å². The summed E-state index contributed by atoms with van der Waals surface area (Å²) in [5.74, 6) is 0.166. The van der Waals surface area contributed by atoms with Gasteiger partial charge in [-0.1, -0.05) is 32.0 Å². The Morgan fingerprint density at radius 3 is 2.62 bits per heavy atom. The fraction of sp³-hybridized carbons (Fsp3) is 0.526. The minimum Gasteiger partial charge on any atom is -0.451 e. The molecule has 0 aliphatic rings. The minimum absolute atomic E-state index is 0.183. The number of carbonyl (C=O) groups excluding carboxylic acids is 1. The normalized spacial score (nSPS) is 13.5. The minimum atomic E-state index is -0.396. The van der Waals surface area contributed by atoms with Gasteiger partial charge in [0.2, 0.25) is 0 Å². The molecule has 5 heteroatoms. The van der Waals surface area contributed by atoms with Gasteiger partial charge in [0.25, 0.3) is 5.91 Å². The summed E-state index contributed by atoms with van der Waals surface area (Å²) in [6.45, 7) is 6.93. The highest BCUT2D eigenvalue weighted by Crippen LogP contribution is 2.27. The van der Waals surface area contributed by atoms with Crippen molar-refractivity contribution in [3.05, 3.63) is 35.6 Å². The van der Waals surface area contributed by atoms with Crippen molar-refractivity contribution in [3.63, 3.8) is 0 Å². The number of nitrogens with zero attached hydrogens (tertiary/aromatic N) is 1. The van der Waals surface area contributed by atoms with E-state index in [0.29, 0.717) is 25.3 Å². The monoisotopic (exact) mass is 332 g/mol. The maximum Gasteiger partial charge on any atom is 0.287 e. The summed E-state index contributed by atoms with van der Waals surface area (Å²) in [5.41, 5.74) is 1.45. The van der Waals surface area contributed by atoms with E-state index in [0.717, 1.165) is 16.5 Å². The van der Waals surface area contributed by atoms with E-state index in [4.69, 9.17) is 4.42 Å². The number of carbonyl (C=O) groups is 1. The third-order valence-electron chi connectivity index (χ3n) is 3.95. The first-order chi connectivity index (χ1) is 11.2. The van der Waals surface area contributed by atoms with Crippen LogP contribution < -0.4 is 5.32 Å². The number of para-hydroxylation sites is 1. The molecule has 1 heterocycles. The van der Waals surface area contributed by atoms with Gasteiger partial charge in [0.1, 0.15) is 5.58 Å². The lowest BCUT2D eigenvalue weighted by Crippen LogP contribution is -2.36. The summed E-state index contributed by atoms with van der Waals surface area (Å²) in [5, 5.41) is 13.5. The summed E-state index contributed by atoms with van der Waals surface area (Å²) in [4.78, 5) is 14.7. The SMILES string of the molecule is CC(O)CC(C)(C)CNC(=O)c1oc2ccccc2c1CN(C)C. The summed E-state index contributed by atoms with van der Waals surface area (Å²) >= 11 is 0. The zero-order chi connectivity index (χ0) is 17.9. The Hall–Kier alpha value is -1.85. The Morgan fingerprint density at radius 1 is 1.33 bits per heavy atom. The molecule has 2 aromatic rings. The molecular weight excluding hydrogens is 304 g/mol. The van der Waals surface area contributed by atoms with Gasteiger partial charge in [0, 0.05) is 24.0 Å². The van der Waals surface area contributed by atoms with Crippen LogP contribution in [0.25, 0.3) is 11.0 Å². The van der Waals surface area contributed by atoms with Gasteiger partial charge in [0.05, 0.1) is 6.10 Å². The molecule has 1 unspecified atom stereocenters. The van der Waals surface area contributed by atoms with Crippen molar-refractivity contribution in [2.24, 2.45) is 5.41 Å². The first-order valence-corrected chi connectivity index (χ1v) is 8.31. The predicted molar refractivity (Wildman–Crippen MR) is 96.0 cm³/mol. The van der Waals surface area contributed by atoms with E-state index >= 15 is 0 Å². The van der Waals surface area contributed by atoms with Crippen LogP contribution in [-0.4, -0.2) is 42.7 Å². The summed E-state index contributed by atoms with van der Waals surface area (Å²) < 4.78 is 5.82. The highest BCUT2D eigenvalue weighted by molar-refractivity contribution is 5.99. The number of hydrogen-bond donors (Lipinski definition) is 2. The van der Waals surface area contributed by atoms with Crippen molar-refractivity contribution < 1.29 is 14.3 Å². The highest BCUT2D eigenvalue weighted by atomic mass is 16.3. The van der Waals surface area contributed by atoms with Gasteiger partial charge < -0.3 is 19.7 Å². The van der Waals surface area contributed by atoms with Crippen LogP contribution in [0.15, 0.2) is 28.7 Å². The van der Waals surface area contributed by atoms with Gasteiger partial charge >= 0.3 is 0 Å². The Bertz CT molecular complexity index is 702. The van der Waals surface area contributed by atoms with E-state index in [2.05, 4.69) is 5.32 Å². The van der Waals surface area contributed by atoms with Gasteiger partial charge in [-0.3, -0.25) is 4.79 Å². The third-order valence-corrected chi connectivity index (χ3v) is 3.95. The molecule has 0 bridgehead atoms. The largest absolute Gasteiger partial charge is 0.451 e. The maximum absolute atomic E-state index is 12.7. The molecule has 0 spiro atoms. The number of benzene rings is 1. The molecule has 1 aromatic heterocycles. The molecule has 0 aliphatic heterocycles. The first-order valence-electron chi connectivity index (χ1n) is 8.31. The molecule has 2 N–H and O–H groups in total. The molecule has 2 rings (SSSR count). The lowest BCUT2D eigenvalue weighted by atomic mass is 9.87. The predicted octanol–water partition coefficient (Wildman–Crippen LogP) is 3.02. The summed E-state index contributed by atoms with van der Waals surface area (Å²) in [7, 11) is 3.93. The molecule has 0 fully saturated rings. The second-order valence-corrected chi connectivity index (χ2v) is 7.54. The van der Waals surface area contributed by atoms with Gasteiger partial charge in [-0.2, -0.15) is 0 Å². The Labute approximate surface area is 143 Å². The number of hydrogen-bond acceptors (Lipinski definition) is 4. The molecule has 0 radical (unpaired) electrons. The second kappa shape index (κ2) is 7.36. The number of rotatable bonds is 7. The standard InChI is InChI=1S/C19H28N2O3/c1-13(22)10-19(2,3)12-20-18(23)17-15(11-21(4)5)14-8-6-7-9-16(14)24-17/h6-9,13,22H,10-12H2,1-5H3,(H,20,23). The number of aliphatic hydroxyl groups excluding tert-OH is 1. The van der Waals surface area contributed by atoms with E-state index in [1.807, 2.05) is 57.1 Å². The molecule has 0 aliphatic carbocycles. The zero-order valence-corrected chi connectivity index (χ0v) is 15.2. The Balaban J connectivity index is 2.22. The quantitative estimate of drug-likeness (QED) is 0.818. The van der Waals surface area contributed by atoms with E-state index in [9.17, 15) is 9.90 Å². The van der Waals surface area contributed by atoms with Crippen LogP contribution in [0.2, 0.25) is 0 Å². The van der Waals surface area contributed by atoms with E-state index < -0.39 is 6.10 Å². The van der Waals surface area contributed by atoms with Crippen molar-refractivity contribution in [1.82, 2.24) is 10.2 Å². The molecule has 5 nitrogen and oxygen atoms in total. The summed E-state index contributed by atoms with van der Waals surface area (Å²) in [6.07, 6.45) is 0.227. The lowest BCUT2D eigenvalue weighted by Gasteiger charge is -2.26. The number of aliphatic hydroxyl groups is 1. The van der Waals surface area contributed by atoms with Crippen LogP contribution in [0, 0.1) is 5.41 Å². The molecule has 1 atom stereocenters. The number of fused-ring (bicyclic) bond motifs is 1. The smallest absolute Gasteiger partial charge is 0.287 e. The van der Waals surface area contributed by atoms with Crippen molar-refractivity contribution in [2.45, 2.75) is 39.8 Å². The second-order valence-electron chi connectivity index (χ2n) is 7.54. The van der Waals surface area contributed by atoms with Crippen molar-refractivity contribution in [2.75, 3.05) is 20.6 Å². The van der Waals surface area contributed by atoms with Gasteiger partial charge in [-0.25, -0.2) is 0 Å². The third kappa shape index (κ3) is 4.58. The fourth-order valence-corrected chi connectivity index (χ4v) is 3.03. The van der Waals surface area contributed by atoms with Crippen LogP contribution >= 0.6 is 0 Å². The van der Waals surface area contributed by atoms with Crippen LogP contribution in [0.4, 0.5) is 0 Å². The number of nitrogens with one attached hydrogen (secondary N) is 1. The molecule has 24 heavy (non-hydrogen) atoms. The molecule has 0 saturated heterocycles. The van der Waals surface area contributed by atoms with Gasteiger partial charge in [-0.05, 0) is 38.9 Å². The van der Waals surface area contributed by atoms with Crippen LogP contribution in [0.3, 0.4) is 0 Å². The van der Waals surface area contributed by atoms with E-state index in [1.54, 1.807) is 6.92 Å². The zero-order valence-electron chi connectivity index (χ0n) is 15.2. The lowest BCUT2D eigenvalue weighted by molar-refractivity contribution is 0.0876. The fourth-order valence-electron chi connectivity index (χ4n) is 3.03. The van der Waals surface area contributed by atoms with Gasteiger partial charge in [0.15, 0.2) is 5.76 Å². The average molecular weight is 332 g/mol. The van der Waals surface area contributed by atoms with Crippen LogP contribution in [0.1, 0.15) is 43.3 Å². The van der Waals surface area contributed by atoms with Gasteiger partial charge in [-0.15, -0.1) is 0 Å². The number of amides is 1. The molecule has 0 saturated carbocycles. The van der Waals surface area contributed by atoms with E-state index in [-0.39, 0.29) is 11.3 Å². The Morgan fingerprint density at radius 2 is 2.00 bits per heavy atom.